The summed E-state index contributed by atoms with van der Waals surface area (Å²) in [7, 11) is 0. The molecule has 0 saturated heterocycles. The Balaban J connectivity index is 0.000000371. The molecule has 0 aliphatic carbocycles. The molecule has 0 saturated carbocycles. The summed E-state index contributed by atoms with van der Waals surface area (Å²) in [5.41, 5.74) is 0.280. The van der Waals surface area contributed by atoms with Crippen LogP contribution < -0.4 is 10.1 Å². The number of amides is 1. The first kappa shape index (κ1) is 30.2. The van der Waals surface area contributed by atoms with E-state index in [4.69, 9.17) is 19.3 Å². The molecule has 0 spiro atoms. The number of carbonyl (C=O) groups excluding carboxylic acids is 4. The standard InChI is InChI=1S/C13H15NO4.C13H14O6/c1-10(2)12(15)17-9-8-14-13(16)18-11-6-4-3-5-7-11;1-2-12(16)18-6-3-7-19-13(17)10-5-4-9(14)8-11(10)15/h3-7H,1,8-9H2,2H3,(H,14,16);2,4-5,8,14-15H,1,3,6-7H2. The maximum Gasteiger partial charge on any atom is 0.412 e. The zero-order valence-electron chi connectivity index (χ0n) is 20.3. The first-order valence-corrected chi connectivity index (χ1v) is 11.0. The van der Waals surface area contributed by atoms with E-state index in [-0.39, 0.29) is 43.4 Å². The number of ether oxygens (including phenoxy) is 4. The summed E-state index contributed by atoms with van der Waals surface area (Å²) in [5, 5.41) is 21.0. The highest BCUT2D eigenvalue weighted by atomic mass is 16.6. The minimum Gasteiger partial charge on any atom is -0.508 e. The van der Waals surface area contributed by atoms with E-state index in [2.05, 4.69) is 23.2 Å². The molecule has 2 aromatic carbocycles. The van der Waals surface area contributed by atoms with E-state index >= 15 is 0 Å². The lowest BCUT2D eigenvalue weighted by Gasteiger charge is -2.07. The van der Waals surface area contributed by atoms with Gasteiger partial charge in [0.15, 0.2) is 0 Å². The van der Waals surface area contributed by atoms with E-state index in [1.807, 2.05) is 6.07 Å². The lowest BCUT2D eigenvalue weighted by molar-refractivity contribution is -0.139. The average molecular weight is 516 g/mol. The van der Waals surface area contributed by atoms with Crippen molar-refractivity contribution in [1.29, 1.82) is 0 Å². The summed E-state index contributed by atoms with van der Waals surface area (Å²) in [6.45, 7) is 8.65. The van der Waals surface area contributed by atoms with Crippen molar-refractivity contribution in [3.8, 4) is 17.2 Å². The van der Waals surface area contributed by atoms with Crippen LogP contribution in [0.15, 0.2) is 73.3 Å². The summed E-state index contributed by atoms with van der Waals surface area (Å²) in [6.07, 6.45) is 0.789. The number of nitrogens with one attached hydrogen (secondary N) is 1. The Kier molecular flexibility index (Phi) is 13.7. The second kappa shape index (κ2) is 16.8. The van der Waals surface area contributed by atoms with Crippen LogP contribution in [0.25, 0.3) is 0 Å². The van der Waals surface area contributed by atoms with Gasteiger partial charge in [0.1, 0.15) is 29.4 Å². The van der Waals surface area contributed by atoms with Crippen molar-refractivity contribution in [2.45, 2.75) is 13.3 Å². The number of para-hydroxylation sites is 1. The van der Waals surface area contributed by atoms with Gasteiger partial charge < -0.3 is 34.5 Å². The molecule has 37 heavy (non-hydrogen) atoms. The normalized spacial score (nSPS) is 9.54. The minimum absolute atomic E-state index is 0.0408. The molecule has 0 heterocycles. The fourth-order valence-electron chi connectivity index (χ4n) is 2.28. The maximum absolute atomic E-state index is 11.5. The van der Waals surface area contributed by atoms with Gasteiger partial charge in [-0.15, -0.1) is 0 Å². The monoisotopic (exact) mass is 515 g/mol. The van der Waals surface area contributed by atoms with E-state index in [9.17, 15) is 24.3 Å². The van der Waals surface area contributed by atoms with Gasteiger partial charge in [0, 0.05) is 24.1 Å². The topological polar surface area (TPSA) is 158 Å². The first-order valence-electron chi connectivity index (χ1n) is 11.0. The molecule has 11 heteroatoms. The molecule has 0 aliphatic rings. The van der Waals surface area contributed by atoms with E-state index in [0.717, 1.165) is 12.1 Å². The number of esters is 3. The Morgan fingerprint density at radius 2 is 1.62 bits per heavy atom. The number of hydrogen-bond donors (Lipinski definition) is 3. The van der Waals surface area contributed by atoms with Crippen LogP contribution in [0.4, 0.5) is 4.79 Å². The number of carbonyl (C=O) groups is 4. The molecule has 0 bridgehead atoms. The summed E-state index contributed by atoms with van der Waals surface area (Å²) in [6, 6.07) is 12.2. The highest BCUT2D eigenvalue weighted by molar-refractivity contribution is 5.92. The SMILES string of the molecule is C=C(C)C(=O)OCCNC(=O)Oc1ccccc1.C=CC(=O)OCCCOC(=O)c1ccc(O)cc1O. The predicted molar refractivity (Wildman–Crippen MR) is 132 cm³/mol. The molecular weight excluding hydrogens is 486 g/mol. The third kappa shape index (κ3) is 13.0. The number of hydrogen-bond acceptors (Lipinski definition) is 10. The zero-order chi connectivity index (χ0) is 27.6. The van der Waals surface area contributed by atoms with E-state index in [0.29, 0.717) is 17.7 Å². The smallest absolute Gasteiger partial charge is 0.412 e. The molecule has 0 aromatic heterocycles. The van der Waals surface area contributed by atoms with Crippen molar-refractivity contribution in [1.82, 2.24) is 5.32 Å². The van der Waals surface area contributed by atoms with Crippen LogP contribution in [0, 0.1) is 0 Å². The predicted octanol–water partition coefficient (Wildman–Crippen LogP) is 3.27. The van der Waals surface area contributed by atoms with Gasteiger partial charge >= 0.3 is 24.0 Å². The van der Waals surface area contributed by atoms with Gasteiger partial charge in [-0.2, -0.15) is 0 Å². The van der Waals surface area contributed by atoms with E-state index in [1.165, 1.54) is 12.1 Å². The van der Waals surface area contributed by atoms with Gasteiger partial charge in [0.05, 0.1) is 19.8 Å². The highest BCUT2D eigenvalue weighted by Gasteiger charge is 2.13. The quantitative estimate of drug-likeness (QED) is 0.176. The van der Waals surface area contributed by atoms with Crippen LogP contribution in [0.3, 0.4) is 0 Å². The molecule has 0 fully saturated rings. The molecule has 11 nitrogen and oxygen atoms in total. The number of rotatable bonds is 11. The fraction of sp³-hybridized carbons (Fsp3) is 0.231. The largest absolute Gasteiger partial charge is 0.508 e. The first-order chi connectivity index (χ1) is 17.6. The third-order valence-corrected chi connectivity index (χ3v) is 4.04. The van der Waals surface area contributed by atoms with Crippen molar-refractivity contribution >= 4 is 24.0 Å². The zero-order valence-corrected chi connectivity index (χ0v) is 20.3. The lowest BCUT2D eigenvalue weighted by Crippen LogP contribution is -2.30. The molecule has 198 valence electrons. The molecule has 0 aliphatic heterocycles. The van der Waals surface area contributed by atoms with Crippen LogP contribution in [0.5, 0.6) is 17.2 Å². The molecule has 0 atom stereocenters. The van der Waals surface area contributed by atoms with Crippen LogP contribution >= 0.6 is 0 Å². The van der Waals surface area contributed by atoms with Gasteiger partial charge in [-0.1, -0.05) is 31.4 Å². The second-order valence-electron chi connectivity index (χ2n) is 7.11. The molecule has 3 N–H and O–H groups in total. The second-order valence-corrected chi connectivity index (χ2v) is 7.11. The van der Waals surface area contributed by atoms with E-state index < -0.39 is 24.0 Å². The summed E-state index contributed by atoms with van der Waals surface area (Å²) >= 11 is 0. The van der Waals surface area contributed by atoms with Crippen LogP contribution in [-0.4, -0.2) is 60.6 Å². The number of phenolic OH excluding ortho intramolecular Hbond substituents is 2. The molecule has 0 unspecified atom stereocenters. The van der Waals surface area contributed by atoms with Gasteiger partial charge in [-0.3, -0.25) is 0 Å². The van der Waals surface area contributed by atoms with Gasteiger partial charge in [0.25, 0.3) is 0 Å². The fourth-order valence-corrected chi connectivity index (χ4v) is 2.28. The Bertz CT molecular complexity index is 1080. The summed E-state index contributed by atoms with van der Waals surface area (Å²) in [4.78, 5) is 44.6. The molecular formula is C26H29NO10. The molecule has 1 amide bonds. The Hall–Kier alpha value is -4.80. The number of benzene rings is 2. The summed E-state index contributed by atoms with van der Waals surface area (Å²) < 4.78 is 19.3. The van der Waals surface area contributed by atoms with Crippen LogP contribution in [0.1, 0.15) is 23.7 Å². The summed E-state index contributed by atoms with van der Waals surface area (Å²) in [5.74, 6) is -1.79. The van der Waals surface area contributed by atoms with Crippen LogP contribution in [-0.2, 0) is 23.8 Å². The average Bonchev–Trinajstić information content (AvgIpc) is 2.86. The highest BCUT2D eigenvalue weighted by Crippen LogP contribution is 2.23. The van der Waals surface area contributed by atoms with Gasteiger partial charge in [-0.05, 0) is 31.2 Å². The molecule has 0 radical (unpaired) electrons. The van der Waals surface area contributed by atoms with Crippen molar-refractivity contribution in [2.24, 2.45) is 0 Å². The Morgan fingerprint density at radius 3 is 2.24 bits per heavy atom. The van der Waals surface area contributed by atoms with Gasteiger partial charge in [-0.25, -0.2) is 19.2 Å². The van der Waals surface area contributed by atoms with Crippen molar-refractivity contribution < 1.29 is 48.3 Å². The minimum atomic E-state index is -0.715. The van der Waals surface area contributed by atoms with Crippen molar-refractivity contribution in [2.75, 3.05) is 26.4 Å². The van der Waals surface area contributed by atoms with Gasteiger partial charge in [0.2, 0.25) is 0 Å². The third-order valence-electron chi connectivity index (χ3n) is 4.04. The lowest BCUT2D eigenvalue weighted by atomic mass is 10.2. The Labute approximate surface area is 213 Å². The molecule has 2 aromatic rings. The number of phenols is 2. The van der Waals surface area contributed by atoms with E-state index in [1.54, 1.807) is 31.2 Å². The van der Waals surface area contributed by atoms with Crippen molar-refractivity contribution in [3.63, 3.8) is 0 Å². The van der Waals surface area contributed by atoms with Crippen LogP contribution in [0.2, 0.25) is 0 Å². The maximum atomic E-state index is 11.5. The Morgan fingerprint density at radius 1 is 0.946 bits per heavy atom. The molecule has 2 rings (SSSR count). The number of aromatic hydroxyl groups is 2. The van der Waals surface area contributed by atoms with Crippen molar-refractivity contribution in [3.05, 3.63) is 78.9 Å².